The number of rotatable bonds is 6. The van der Waals surface area contributed by atoms with Crippen molar-refractivity contribution in [1.82, 2.24) is 9.13 Å². The normalized spacial score (nSPS) is 14.2. The standard InChI is InChI=1S/C62H44N2S2/c1-38-31-39(23-29-60(38)65-47-11-3-2-4-12-47)40-21-27-58-53(33-40)48-13-5-8-16-56(48)63(58)45-25-19-43-32-44-20-26-46(37-52(44)51(43)36-45)64-57-17-9-6-14-49(57)54-34-41(22-28-59(54)64)42-24-30-62-55(35-42)50-15-7-10-18-61(50)66-62/h2-3,5-9,11,13-17,19-31,33-37H,4,10,12,18,32H2,1H3. The maximum absolute atomic E-state index is 2.48. The molecule has 11 aromatic rings. The third-order valence-electron chi connectivity index (χ3n) is 14.4. The lowest BCUT2D eigenvalue weighted by Crippen LogP contribution is -1.96. The molecule has 0 fully saturated rings. The van der Waals surface area contributed by atoms with Gasteiger partial charge in [0.15, 0.2) is 0 Å². The third-order valence-corrected chi connectivity index (χ3v) is 16.9. The van der Waals surface area contributed by atoms with E-state index in [4.69, 9.17) is 0 Å². The number of para-hydroxylation sites is 2. The van der Waals surface area contributed by atoms with Crippen molar-refractivity contribution in [1.29, 1.82) is 0 Å². The average molecular weight is 881 g/mol. The Bertz CT molecular complexity index is 3960. The Kier molecular flexibility index (Phi) is 8.66. The topological polar surface area (TPSA) is 9.86 Å². The van der Waals surface area contributed by atoms with Crippen LogP contribution in [0.2, 0.25) is 0 Å². The lowest BCUT2D eigenvalue weighted by molar-refractivity contribution is 1.02. The minimum atomic E-state index is 0.942. The Balaban J connectivity index is 0.843. The number of aromatic nitrogens is 2. The van der Waals surface area contributed by atoms with E-state index in [0.29, 0.717) is 0 Å². The average Bonchev–Trinajstić information content (AvgIpc) is 4.11. The molecule has 0 atom stereocenters. The third kappa shape index (κ3) is 6.01. The zero-order valence-electron chi connectivity index (χ0n) is 36.6. The second kappa shape index (κ2) is 15.0. The van der Waals surface area contributed by atoms with E-state index < -0.39 is 0 Å². The van der Waals surface area contributed by atoms with Crippen LogP contribution in [0.1, 0.15) is 46.4 Å². The number of aryl methyl sites for hydroxylation is 2. The number of thiophene rings is 1. The molecule has 14 rings (SSSR count). The SMILES string of the molecule is Cc1cc(-c2ccc3c(c2)c2ccccc2n3-c2ccc3c(c2)-c2cc(-n4c5ccccc5c5cc(-c6ccc7sc8c(c7c6)C=CCC8)ccc54)ccc2C3)ccc1SC1=CC=CCC1. The van der Waals surface area contributed by atoms with Crippen molar-refractivity contribution < 1.29 is 0 Å². The van der Waals surface area contributed by atoms with Gasteiger partial charge in [-0.1, -0.05) is 121 Å². The van der Waals surface area contributed by atoms with Gasteiger partial charge in [-0.25, -0.2) is 0 Å². The molecule has 314 valence electrons. The van der Waals surface area contributed by atoms with Gasteiger partial charge in [0.05, 0.1) is 22.1 Å². The minimum absolute atomic E-state index is 0.942. The van der Waals surface area contributed by atoms with Crippen molar-refractivity contribution in [2.24, 2.45) is 0 Å². The summed E-state index contributed by atoms with van der Waals surface area (Å²) >= 11 is 3.87. The van der Waals surface area contributed by atoms with Crippen LogP contribution in [0.15, 0.2) is 192 Å². The van der Waals surface area contributed by atoms with Crippen molar-refractivity contribution in [3.63, 3.8) is 0 Å². The fourth-order valence-electron chi connectivity index (χ4n) is 11.2. The summed E-state index contributed by atoms with van der Waals surface area (Å²) in [4.78, 5) is 4.30. The highest BCUT2D eigenvalue weighted by atomic mass is 32.2. The van der Waals surface area contributed by atoms with Gasteiger partial charge in [0.2, 0.25) is 0 Å². The van der Waals surface area contributed by atoms with Crippen LogP contribution in [0.3, 0.4) is 0 Å². The molecular formula is C62H44N2S2. The van der Waals surface area contributed by atoms with Crippen LogP contribution < -0.4 is 0 Å². The van der Waals surface area contributed by atoms with Crippen LogP contribution >= 0.6 is 23.1 Å². The molecule has 3 aliphatic carbocycles. The second-order valence-electron chi connectivity index (χ2n) is 18.3. The number of fused-ring (bicyclic) bond motifs is 12. The summed E-state index contributed by atoms with van der Waals surface area (Å²) in [6.07, 6.45) is 16.9. The number of nitrogens with zero attached hydrogens (tertiary/aromatic N) is 2. The van der Waals surface area contributed by atoms with E-state index in [9.17, 15) is 0 Å². The molecule has 0 radical (unpaired) electrons. The predicted octanol–water partition coefficient (Wildman–Crippen LogP) is 17.6. The fraction of sp³-hybridized carbons (Fsp3) is 0.0968. The number of hydrogen-bond donors (Lipinski definition) is 0. The molecule has 3 heterocycles. The van der Waals surface area contributed by atoms with Gasteiger partial charge in [-0.05, 0) is 178 Å². The van der Waals surface area contributed by atoms with Gasteiger partial charge in [0.1, 0.15) is 0 Å². The van der Waals surface area contributed by atoms with Crippen molar-refractivity contribution in [3.8, 4) is 44.8 Å². The molecule has 0 aliphatic heterocycles. The Morgan fingerprint density at radius 1 is 0.500 bits per heavy atom. The molecule has 8 aromatic carbocycles. The molecule has 0 spiro atoms. The van der Waals surface area contributed by atoms with E-state index >= 15 is 0 Å². The molecule has 3 aromatic heterocycles. The Morgan fingerprint density at radius 3 is 1.71 bits per heavy atom. The molecule has 66 heavy (non-hydrogen) atoms. The van der Waals surface area contributed by atoms with Crippen LogP contribution in [0, 0.1) is 6.92 Å². The summed E-state index contributed by atoms with van der Waals surface area (Å²) in [7, 11) is 0. The summed E-state index contributed by atoms with van der Waals surface area (Å²) in [5, 5.41) is 6.49. The molecule has 0 N–H and O–H groups in total. The first-order chi connectivity index (χ1) is 32.6. The molecule has 4 heteroatoms. The second-order valence-corrected chi connectivity index (χ2v) is 20.6. The number of hydrogen-bond acceptors (Lipinski definition) is 2. The number of allylic oxidation sites excluding steroid dienone is 5. The van der Waals surface area contributed by atoms with Gasteiger partial charge in [-0.2, -0.15) is 0 Å². The largest absolute Gasteiger partial charge is 0.309 e. The van der Waals surface area contributed by atoms with Gasteiger partial charge in [0.25, 0.3) is 0 Å². The fourth-order valence-corrected chi connectivity index (χ4v) is 13.4. The number of thioether (sulfide) groups is 1. The highest BCUT2D eigenvalue weighted by Crippen LogP contribution is 2.44. The van der Waals surface area contributed by atoms with Gasteiger partial charge < -0.3 is 9.13 Å². The first-order valence-corrected chi connectivity index (χ1v) is 24.9. The van der Waals surface area contributed by atoms with E-state index in [-0.39, 0.29) is 0 Å². The smallest absolute Gasteiger partial charge is 0.0541 e. The molecule has 0 saturated heterocycles. The summed E-state index contributed by atoms with van der Waals surface area (Å²) < 4.78 is 6.33. The highest BCUT2D eigenvalue weighted by Gasteiger charge is 2.23. The van der Waals surface area contributed by atoms with E-state index in [0.717, 1.165) is 32.1 Å². The summed E-state index contributed by atoms with van der Waals surface area (Å²) in [5.41, 5.74) is 20.5. The summed E-state index contributed by atoms with van der Waals surface area (Å²) in [6, 6.07) is 60.2. The molecule has 0 bridgehead atoms. The monoisotopic (exact) mass is 880 g/mol. The van der Waals surface area contributed by atoms with Crippen LogP contribution in [-0.4, -0.2) is 9.13 Å². The van der Waals surface area contributed by atoms with Gasteiger partial charge >= 0.3 is 0 Å². The zero-order chi connectivity index (χ0) is 43.5. The Morgan fingerprint density at radius 2 is 1.08 bits per heavy atom. The molecule has 0 unspecified atom stereocenters. The van der Waals surface area contributed by atoms with Gasteiger partial charge in [-0.3, -0.25) is 0 Å². The van der Waals surface area contributed by atoms with Crippen molar-refractivity contribution >= 4 is 82.9 Å². The van der Waals surface area contributed by atoms with Crippen molar-refractivity contribution in [3.05, 3.63) is 214 Å². The van der Waals surface area contributed by atoms with E-state index in [1.807, 2.05) is 23.1 Å². The molecule has 3 aliphatic rings. The molecular weight excluding hydrogens is 837 g/mol. The van der Waals surface area contributed by atoms with E-state index in [1.165, 1.54) is 135 Å². The predicted molar refractivity (Wildman–Crippen MR) is 284 cm³/mol. The van der Waals surface area contributed by atoms with Crippen LogP contribution in [0.5, 0.6) is 0 Å². The lowest BCUT2D eigenvalue weighted by Gasteiger charge is -2.13. The first kappa shape index (κ1) is 38.2. The molecule has 0 saturated carbocycles. The quantitative estimate of drug-likeness (QED) is 0.162. The summed E-state index contributed by atoms with van der Waals surface area (Å²) in [6.45, 7) is 2.25. The Hall–Kier alpha value is -7.11. The first-order valence-electron chi connectivity index (χ1n) is 23.3. The Labute approximate surface area is 392 Å². The van der Waals surface area contributed by atoms with Crippen molar-refractivity contribution in [2.75, 3.05) is 0 Å². The zero-order valence-corrected chi connectivity index (χ0v) is 38.3. The minimum Gasteiger partial charge on any atom is -0.309 e. The maximum Gasteiger partial charge on any atom is 0.0541 e. The van der Waals surface area contributed by atoms with E-state index in [1.54, 1.807) is 0 Å². The van der Waals surface area contributed by atoms with E-state index in [2.05, 4.69) is 204 Å². The lowest BCUT2D eigenvalue weighted by atomic mass is 9.98. The summed E-state index contributed by atoms with van der Waals surface area (Å²) in [5.74, 6) is 0. The number of benzene rings is 8. The van der Waals surface area contributed by atoms with Gasteiger partial charge in [-0.15, -0.1) is 11.3 Å². The maximum atomic E-state index is 2.48. The molecule has 2 nitrogen and oxygen atoms in total. The highest BCUT2D eigenvalue weighted by molar-refractivity contribution is 8.03. The van der Waals surface area contributed by atoms with Crippen molar-refractivity contribution in [2.45, 2.75) is 43.9 Å². The van der Waals surface area contributed by atoms with Gasteiger partial charge in [0, 0.05) is 52.8 Å². The van der Waals surface area contributed by atoms with Crippen LogP contribution in [0.4, 0.5) is 0 Å². The van der Waals surface area contributed by atoms with Crippen LogP contribution in [-0.2, 0) is 12.8 Å². The molecule has 0 amide bonds. The van der Waals surface area contributed by atoms with Crippen LogP contribution in [0.25, 0.3) is 105 Å².